The summed E-state index contributed by atoms with van der Waals surface area (Å²) in [5.74, 6) is 2.06. The molecular formula is C25H30F2O. The molecule has 0 spiro atoms. The zero-order chi connectivity index (χ0) is 19.7. The molecule has 0 radical (unpaired) electrons. The van der Waals surface area contributed by atoms with Crippen LogP contribution in [0.5, 0.6) is 5.75 Å². The molecule has 4 rings (SSSR count). The maximum Gasteiger partial charge on any atom is 0.172 e. The van der Waals surface area contributed by atoms with E-state index in [0.29, 0.717) is 12.0 Å². The highest BCUT2D eigenvalue weighted by Crippen LogP contribution is 2.48. The predicted octanol–water partition coefficient (Wildman–Crippen LogP) is 7.39. The topological polar surface area (TPSA) is 9.23 Å². The highest BCUT2D eigenvalue weighted by molar-refractivity contribution is 5.85. The highest BCUT2D eigenvalue weighted by Gasteiger charge is 2.35. The van der Waals surface area contributed by atoms with Gasteiger partial charge in [-0.2, -0.15) is 0 Å². The minimum atomic E-state index is -0.475. The van der Waals surface area contributed by atoms with E-state index in [1.165, 1.54) is 31.7 Å². The Bertz CT molecular complexity index is 872. The lowest BCUT2D eigenvalue weighted by molar-refractivity contribution is 0.124. The Morgan fingerprint density at radius 2 is 1.82 bits per heavy atom. The molecule has 150 valence electrons. The SMILES string of the molecule is C/C=C/COc1ccc2cc([C@@H]3CC[C@@H]4CC(C)CCC4C3)c(F)cc2c1F. The van der Waals surface area contributed by atoms with Gasteiger partial charge in [0.25, 0.3) is 0 Å². The van der Waals surface area contributed by atoms with E-state index in [1.807, 2.05) is 31.2 Å². The minimum absolute atomic E-state index is 0.176. The molecule has 0 N–H and O–H groups in total. The van der Waals surface area contributed by atoms with E-state index in [0.717, 1.165) is 41.5 Å². The van der Waals surface area contributed by atoms with E-state index < -0.39 is 5.82 Å². The molecule has 0 amide bonds. The van der Waals surface area contributed by atoms with Crippen molar-refractivity contribution in [1.82, 2.24) is 0 Å². The lowest BCUT2D eigenvalue weighted by Gasteiger charge is -2.41. The third-order valence-corrected chi connectivity index (χ3v) is 6.92. The highest BCUT2D eigenvalue weighted by atomic mass is 19.1. The Hall–Kier alpha value is -1.90. The van der Waals surface area contributed by atoms with Gasteiger partial charge >= 0.3 is 0 Å². The van der Waals surface area contributed by atoms with Crippen molar-refractivity contribution in [2.45, 2.75) is 58.3 Å². The fraction of sp³-hybridized carbons (Fsp3) is 0.520. The van der Waals surface area contributed by atoms with Crippen molar-refractivity contribution in [1.29, 1.82) is 0 Å². The van der Waals surface area contributed by atoms with Gasteiger partial charge in [0.2, 0.25) is 0 Å². The first kappa shape index (κ1) is 19.4. The summed E-state index contributed by atoms with van der Waals surface area (Å²) in [6.45, 7) is 4.55. The molecule has 2 aromatic rings. The van der Waals surface area contributed by atoms with Crippen molar-refractivity contribution in [2.75, 3.05) is 6.61 Å². The largest absolute Gasteiger partial charge is 0.486 e. The van der Waals surface area contributed by atoms with E-state index in [9.17, 15) is 8.78 Å². The maximum absolute atomic E-state index is 15.0. The van der Waals surface area contributed by atoms with Crippen molar-refractivity contribution in [3.05, 3.63) is 53.6 Å². The molecule has 2 unspecified atom stereocenters. The van der Waals surface area contributed by atoms with E-state index in [4.69, 9.17) is 4.74 Å². The van der Waals surface area contributed by atoms with Gasteiger partial charge in [0, 0.05) is 5.39 Å². The lowest BCUT2D eigenvalue weighted by atomic mass is 9.64. The van der Waals surface area contributed by atoms with E-state index in [2.05, 4.69) is 6.92 Å². The smallest absolute Gasteiger partial charge is 0.172 e. The molecule has 2 fully saturated rings. The van der Waals surface area contributed by atoms with Crippen LogP contribution in [0.3, 0.4) is 0 Å². The van der Waals surface area contributed by atoms with Crippen molar-refractivity contribution in [3.63, 3.8) is 0 Å². The third kappa shape index (κ3) is 3.81. The number of benzene rings is 2. The molecular weight excluding hydrogens is 354 g/mol. The molecule has 0 bridgehead atoms. The van der Waals surface area contributed by atoms with Crippen LogP contribution in [0, 0.1) is 29.4 Å². The third-order valence-electron chi connectivity index (χ3n) is 6.92. The molecule has 2 aromatic carbocycles. The van der Waals surface area contributed by atoms with Crippen LogP contribution in [0.1, 0.15) is 63.9 Å². The summed E-state index contributed by atoms with van der Waals surface area (Å²) >= 11 is 0. The van der Waals surface area contributed by atoms with Gasteiger partial charge in [0.15, 0.2) is 11.6 Å². The number of rotatable bonds is 4. The standard InChI is InChI=1S/C25H30F2O/c1-3-4-11-28-24-10-9-20-14-21(23(26)15-22(20)25(24)27)19-8-7-17-12-16(2)5-6-18(17)13-19/h3-4,9-10,14-19H,5-8,11-13H2,1-2H3/b4-3+/t16?,17-,18?,19-/m1/s1. The second kappa shape index (κ2) is 8.23. The van der Waals surface area contributed by atoms with Gasteiger partial charge in [-0.05, 0) is 91.8 Å². The van der Waals surface area contributed by atoms with Crippen molar-refractivity contribution >= 4 is 10.8 Å². The van der Waals surface area contributed by atoms with Crippen LogP contribution in [-0.2, 0) is 0 Å². The van der Waals surface area contributed by atoms with Crippen LogP contribution in [0.15, 0.2) is 36.4 Å². The lowest BCUT2D eigenvalue weighted by Crippen LogP contribution is -2.29. The van der Waals surface area contributed by atoms with Crippen LogP contribution < -0.4 is 4.74 Å². The van der Waals surface area contributed by atoms with Crippen LogP contribution >= 0.6 is 0 Å². The molecule has 0 heterocycles. The first-order valence-corrected chi connectivity index (χ1v) is 10.7. The molecule has 0 saturated heterocycles. The van der Waals surface area contributed by atoms with Gasteiger partial charge in [-0.25, -0.2) is 8.78 Å². The molecule has 2 saturated carbocycles. The van der Waals surface area contributed by atoms with Crippen LogP contribution in [-0.4, -0.2) is 6.61 Å². The summed E-state index contributed by atoms with van der Waals surface area (Å²) in [7, 11) is 0. The normalized spacial score (nSPS) is 27.9. The Labute approximate surface area is 166 Å². The summed E-state index contributed by atoms with van der Waals surface area (Å²) in [4.78, 5) is 0. The predicted molar refractivity (Wildman–Crippen MR) is 111 cm³/mol. The summed E-state index contributed by atoms with van der Waals surface area (Å²) in [5.41, 5.74) is 0.770. The number of allylic oxidation sites excluding steroid dienone is 1. The van der Waals surface area contributed by atoms with Crippen LogP contribution in [0.25, 0.3) is 10.8 Å². The molecule has 2 aliphatic carbocycles. The van der Waals surface area contributed by atoms with Gasteiger partial charge in [-0.1, -0.05) is 31.6 Å². The Kier molecular flexibility index (Phi) is 5.70. The molecule has 0 aromatic heterocycles. The van der Waals surface area contributed by atoms with Gasteiger partial charge in [0.05, 0.1) is 0 Å². The van der Waals surface area contributed by atoms with Gasteiger partial charge in [-0.3, -0.25) is 0 Å². The van der Waals surface area contributed by atoms with Crippen LogP contribution in [0.4, 0.5) is 8.78 Å². The fourth-order valence-electron chi connectivity index (χ4n) is 5.37. The quantitative estimate of drug-likeness (QED) is 0.499. The average Bonchev–Trinajstić information content (AvgIpc) is 2.69. The van der Waals surface area contributed by atoms with Gasteiger partial charge in [0.1, 0.15) is 12.4 Å². The Balaban J connectivity index is 1.58. The minimum Gasteiger partial charge on any atom is -0.486 e. The first-order chi connectivity index (χ1) is 13.6. The Morgan fingerprint density at radius 1 is 1.04 bits per heavy atom. The number of hydrogen-bond acceptors (Lipinski definition) is 1. The van der Waals surface area contributed by atoms with Gasteiger partial charge < -0.3 is 4.74 Å². The molecule has 28 heavy (non-hydrogen) atoms. The molecule has 2 aliphatic rings. The second-order valence-corrected chi connectivity index (χ2v) is 8.80. The fourth-order valence-corrected chi connectivity index (χ4v) is 5.37. The molecule has 3 heteroatoms. The van der Waals surface area contributed by atoms with Crippen molar-refractivity contribution in [2.24, 2.45) is 17.8 Å². The molecule has 1 nitrogen and oxygen atoms in total. The van der Waals surface area contributed by atoms with E-state index >= 15 is 0 Å². The van der Waals surface area contributed by atoms with Crippen molar-refractivity contribution in [3.8, 4) is 5.75 Å². The van der Waals surface area contributed by atoms with Crippen LogP contribution in [0.2, 0.25) is 0 Å². The summed E-state index contributed by atoms with van der Waals surface area (Å²) in [6.07, 6.45) is 10.9. The number of hydrogen-bond donors (Lipinski definition) is 0. The second-order valence-electron chi connectivity index (χ2n) is 8.80. The van der Waals surface area contributed by atoms with Crippen molar-refractivity contribution < 1.29 is 13.5 Å². The monoisotopic (exact) mass is 384 g/mol. The Morgan fingerprint density at radius 3 is 2.64 bits per heavy atom. The summed E-state index contributed by atoms with van der Waals surface area (Å²) in [6, 6.07) is 6.75. The number of fused-ring (bicyclic) bond motifs is 2. The average molecular weight is 385 g/mol. The molecule has 0 aliphatic heterocycles. The summed E-state index contributed by atoms with van der Waals surface area (Å²) in [5, 5.41) is 1.06. The van der Waals surface area contributed by atoms with Gasteiger partial charge in [-0.15, -0.1) is 0 Å². The van der Waals surface area contributed by atoms with E-state index in [1.54, 1.807) is 6.07 Å². The number of halogens is 2. The molecule has 4 atom stereocenters. The van der Waals surface area contributed by atoms with E-state index in [-0.39, 0.29) is 17.5 Å². The zero-order valence-corrected chi connectivity index (χ0v) is 16.9. The summed E-state index contributed by atoms with van der Waals surface area (Å²) < 4.78 is 35.2. The first-order valence-electron chi connectivity index (χ1n) is 10.7. The number of ether oxygens (including phenoxy) is 1. The zero-order valence-electron chi connectivity index (χ0n) is 16.9. The maximum atomic E-state index is 15.0.